The molecular weight excluding hydrogens is 461 g/mol. The van der Waals surface area contributed by atoms with Crippen LogP contribution in [0.5, 0.6) is 11.5 Å². The van der Waals surface area contributed by atoms with E-state index >= 15 is 0 Å². The second-order valence-electron chi connectivity index (χ2n) is 7.40. The summed E-state index contributed by atoms with van der Waals surface area (Å²) in [6, 6.07) is 17.2. The molecule has 3 amide bonds. The Morgan fingerprint density at radius 3 is 2.34 bits per heavy atom. The molecule has 4 rings (SSSR count). The molecule has 0 saturated carbocycles. The molecule has 0 aliphatic rings. The zero-order chi connectivity index (χ0) is 25.0. The van der Waals surface area contributed by atoms with Crippen molar-refractivity contribution < 1.29 is 27.5 Å². The van der Waals surface area contributed by atoms with E-state index in [0.717, 1.165) is 22.9 Å². The molecule has 3 N–H and O–H groups in total. The number of nitrogens with one attached hydrogen (secondary N) is 3. The summed E-state index contributed by atoms with van der Waals surface area (Å²) in [5.74, 6) is 0.611. The molecule has 0 saturated heterocycles. The van der Waals surface area contributed by atoms with Crippen LogP contribution in [0.15, 0.2) is 79.0 Å². The van der Waals surface area contributed by atoms with Crippen LogP contribution in [0.1, 0.15) is 16.1 Å². The molecule has 0 unspecified atom stereocenters. The van der Waals surface area contributed by atoms with Gasteiger partial charge in [0, 0.05) is 30.4 Å². The van der Waals surface area contributed by atoms with Gasteiger partial charge in [0.2, 0.25) is 0 Å². The number of ether oxygens (including phenoxy) is 1. The minimum atomic E-state index is -4.45. The number of halogens is 3. The molecule has 35 heavy (non-hydrogen) atoms. The summed E-state index contributed by atoms with van der Waals surface area (Å²) in [5, 5.41) is 9.22. The summed E-state index contributed by atoms with van der Waals surface area (Å²) in [4.78, 5) is 28.2. The van der Waals surface area contributed by atoms with Gasteiger partial charge in [0.05, 0.1) is 11.3 Å². The van der Waals surface area contributed by atoms with Crippen molar-refractivity contribution in [2.45, 2.75) is 6.18 Å². The van der Waals surface area contributed by atoms with Crippen molar-refractivity contribution in [1.29, 1.82) is 0 Å². The molecule has 1 aromatic heterocycles. The fourth-order valence-corrected chi connectivity index (χ4v) is 3.32. The number of nitrogens with zero attached hydrogens (tertiary/aromatic N) is 1. The summed E-state index contributed by atoms with van der Waals surface area (Å²) in [5.41, 5.74) is 0.146. The van der Waals surface area contributed by atoms with Crippen molar-refractivity contribution >= 4 is 34.1 Å². The number of aromatic nitrogens is 1. The smallest absolute Gasteiger partial charge is 0.416 e. The quantitative estimate of drug-likeness (QED) is 0.324. The molecule has 178 valence electrons. The van der Waals surface area contributed by atoms with E-state index < -0.39 is 17.8 Å². The number of hydrogen-bond donors (Lipinski definition) is 3. The van der Waals surface area contributed by atoms with Crippen molar-refractivity contribution in [3.63, 3.8) is 0 Å². The van der Waals surface area contributed by atoms with Crippen LogP contribution in [0.3, 0.4) is 0 Å². The van der Waals surface area contributed by atoms with Gasteiger partial charge in [0.15, 0.2) is 0 Å². The SMILES string of the molecule is CNC(=O)c1cc(Oc2ccc3c(NC(=O)Nc4ccc(C(F)(F)F)cc4)cccc3c2)ccn1. The van der Waals surface area contributed by atoms with Gasteiger partial charge in [-0.3, -0.25) is 9.78 Å². The largest absolute Gasteiger partial charge is 0.457 e. The van der Waals surface area contributed by atoms with Gasteiger partial charge in [-0.25, -0.2) is 4.79 Å². The van der Waals surface area contributed by atoms with Crippen LogP contribution in [0.25, 0.3) is 10.8 Å². The molecule has 0 fully saturated rings. The topological polar surface area (TPSA) is 92.4 Å². The zero-order valence-corrected chi connectivity index (χ0v) is 18.3. The maximum Gasteiger partial charge on any atom is 0.416 e. The monoisotopic (exact) mass is 480 g/mol. The van der Waals surface area contributed by atoms with E-state index in [4.69, 9.17) is 4.74 Å². The van der Waals surface area contributed by atoms with Crippen molar-refractivity contribution in [3.8, 4) is 11.5 Å². The van der Waals surface area contributed by atoms with Crippen LogP contribution in [0, 0.1) is 0 Å². The number of urea groups is 1. The molecule has 0 atom stereocenters. The van der Waals surface area contributed by atoms with E-state index in [-0.39, 0.29) is 17.3 Å². The molecule has 4 aromatic rings. The highest BCUT2D eigenvalue weighted by Gasteiger charge is 2.30. The number of alkyl halides is 3. The Kier molecular flexibility index (Phi) is 6.54. The summed E-state index contributed by atoms with van der Waals surface area (Å²) in [6.45, 7) is 0. The second kappa shape index (κ2) is 9.72. The normalized spacial score (nSPS) is 11.1. The number of carbonyl (C=O) groups excluding carboxylic acids is 2. The molecule has 7 nitrogen and oxygen atoms in total. The fourth-order valence-electron chi connectivity index (χ4n) is 3.32. The number of fused-ring (bicyclic) bond motifs is 1. The average Bonchev–Trinajstić information content (AvgIpc) is 2.83. The molecule has 1 heterocycles. The van der Waals surface area contributed by atoms with Crippen molar-refractivity contribution in [2.75, 3.05) is 17.7 Å². The van der Waals surface area contributed by atoms with Gasteiger partial charge in [0.25, 0.3) is 5.91 Å². The first kappa shape index (κ1) is 23.6. The predicted octanol–water partition coefficient (Wildman–Crippen LogP) is 6.05. The Morgan fingerprint density at radius 1 is 0.886 bits per heavy atom. The van der Waals surface area contributed by atoms with Crippen LogP contribution in [-0.4, -0.2) is 24.0 Å². The van der Waals surface area contributed by atoms with Crippen LogP contribution in [-0.2, 0) is 6.18 Å². The molecular formula is C25H19F3N4O3. The van der Waals surface area contributed by atoms with Crippen LogP contribution >= 0.6 is 0 Å². The van der Waals surface area contributed by atoms with Crippen molar-refractivity contribution in [1.82, 2.24) is 10.3 Å². The minimum Gasteiger partial charge on any atom is -0.457 e. The number of rotatable bonds is 5. The summed E-state index contributed by atoms with van der Waals surface area (Å²) >= 11 is 0. The lowest BCUT2D eigenvalue weighted by atomic mass is 10.1. The zero-order valence-electron chi connectivity index (χ0n) is 18.3. The molecule has 10 heteroatoms. The van der Waals surface area contributed by atoms with Crippen LogP contribution < -0.4 is 20.7 Å². The summed E-state index contributed by atoms with van der Waals surface area (Å²) in [7, 11) is 1.51. The Bertz CT molecular complexity index is 1390. The molecule has 0 aliphatic carbocycles. The van der Waals surface area contributed by atoms with Gasteiger partial charge in [-0.15, -0.1) is 0 Å². The first-order chi connectivity index (χ1) is 16.7. The van der Waals surface area contributed by atoms with Gasteiger partial charge in [-0.1, -0.05) is 12.1 Å². The molecule has 3 aromatic carbocycles. The maximum atomic E-state index is 12.7. The Balaban J connectivity index is 1.48. The number of hydrogen-bond acceptors (Lipinski definition) is 4. The predicted molar refractivity (Wildman–Crippen MR) is 126 cm³/mol. The third-order valence-electron chi connectivity index (χ3n) is 5.00. The van der Waals surface area contributed by atoms with Gasteiger partial charge < -0.3 is 20.7 Å². The van der Waals surface area contributed by atoms with Gasteiger partial charge >= 0.3 is 12.2 Å². The van der Waals surface area contributed by atoms with E-state index in [1.165, 1.54) is 31.4 Å². The lowest BCUT2D eigenvalue weighted by molar-refractivity contribution is -0.137. The third-order valence-corrected chi connectivity index (χ3v) is 5.00. The number of pyridine rings is 1. The molecule has 0 aliphatic heterocycles. The highest BCUT2D eigenvalue weighted by atomic mass is 19.4. The van der Waals surface area contributed by atoms with E-state index in [1.807, 2.05) is 6.07 Å². The Labute approximate surface area is 197 Å². The number of benzene rings is 3. The van der Waals surface area contributed by atoms with E-state index in [9.17, 15) is 22.8 Å². The van der Waals surface area contributed by atoms with E-state index in [0.29, 0.717) is 17.2 Å². The summed E-state index contributed by atoms with van der Waals surface area (Å²) in [6.07, 6.45) is -2.98. The second-order valence-corrected chi connectivity index (χ2v) is 7.40. The number of anilines is 2. The molecule has 0 bridgehead atoms. The number of amides is 3. The van der Waals surface area contributed by atoms with Crippen molar-refractivity contribution in [2.24, 2.45) is 0 Å². The third kappa shape index (κ3) is 5.67. The van der Waals surface area contributed by atoms with Gasteiger partial charge in [-0.2, -0.15) is 13.2 Å². The van der Waals surface area contributed by atoms with Crippen LogP contribution in [0.4, 0.5) is 29.3 Å². The van der Waals surface area contributed by atoms with Gasteiger partial charge in [0.1, 0.15) is 17.2 Å². The van der Waals surface area contributed by atoms with Gasteiger partial charge in [-0.05, 0) is 60.0 Å². The molecule has 0 radical (unpaired) electrons. The lowest BCUT2D eigenvalue weighted by Crippen LogP contribution is -2.19. The highest BCUT2D eigenvalue weighted by Crippen LogP contribution is 2.31. The van der Waals surface area contributed by atoms with Crippen molar-refractivity contribution in [3.05, 3.63) is 90.3 Å². The number of carbonyl (C=O) groups is 2. The first-order valence-electron chi connectivity index (χ1n) is 10.4. The Morgan fingerprint density at radius 2 is 1.63 bits per heavy atom. The summed E-state index contributed by atoms with van der Waals surface area (Å²) < 4.78 is 44.0. The highest BCUT2D eigenvalue weighted by molar-refractivity contribution is 6.06. The van der Waals surface area contributed by atoms with E-state index in [2.05, 4.69) is 20.9 Å². The first-order valence-corrected chi connectivity index (χ1v) is 10.4. The minimum absolute atomic E-state index is 0.219. The standard InChI is InChI=1S/C25H19F3N4O3/c1-29-23(33)22-14-19(11-12-30-22)35-18-9-10-20-15(13-18)3-2-4-21(20)32-24(34)31-17-7-5-16(6-8-17)25(26,27)28/h2-14H,1H3,(H,29,33)(H2,31,32,34). The lowest BCUT2D eigenvalue weighted by Gasteiger charge is -2.12. The fraction of sp³-hybridized carbons (Fsp3) is 0.0800. The van der Waals surface area contributed by atoms with Crippen LogP contribution in [0.2, 0.25) is 0 Å². The maximum absolute atomic E-state index is 12.7. The Hall–Kier alpha value is -4.60. The molecule has 0 spiro atoms. The van der Waals surface area contributed by atoms with E-state index in [1.54, 1.807) is 36.4 Å². The average molecular weight is 480 g/mol.